The van der Waals surface area contributed by atoms with Gasteiger partial charge in [-0.2, -0.15) is 0 Å². The van der Waals surface area contributed by atoms with Gasteiger partial charge < -0.3 is 15.8 Å². The molecular formula is C16H31N3O2. The summed E-state index contributed by atoms with van der Waals surface area (Å²) >= 11 is 0. The normalized spacial score (nSPS) is 16.3. The fourth-order valence-corrected chi connectivity index (χ4v) is 3.11. The number of oxime groups is 1. The number of carbonyl (C=O) groups is 1. The zero-order chi connectivity index (χ0) is 16.0. The maximum absolute atomic E-state index is 13.2. The smallest absolute Gasteiger partial charge is 0.236 e. The Bertz CT molecular complexity index is 370. The minimum absolute atomic E-state index is 0.0534. The Morgan fingerprint density at radius 2 is 1.86 bits per heavy atom. The van der Waals surface area contributed by atoms with Crippen LogP contribution in [0, 0.1) is 11.3 Å². The van der Waals surface area contributed by atoms with E-state index in [1.54, 1.807) is 0 Å². The van der Waals surface area contributed by atoms with Crippen LogP contribution in [0.5, 0.6) is 0 Å². The molecule has 1 amide bonds. The van der Waals surface area contributed by atoms with Gasteiger partial charge in [0.2, 0.25) is 5.91 Å². The van der Waals surface area contributed by atoms with Crippen LogP contribution >= 0.6 is 0 Å². The molecule has 0 heterocycles. The van der Waals surface area contributed by atoms with E-state index in [0.717, 1.165) is 32.2 Å². The summed E-state index contributed by atoms with van der Waals surface area (Å²) in [5.74, 6) is 0.547. The van der Waals surface area contributed by atoms with Gasteiger partial charge in [-0.05, 0) is 31.6 Å². The Labute approximate surface area is 128 Å². The largest absolute Gasteiger partial charge is 0.409 e. The summed E-state index contributed by atoms with van der Waals surface area (Å²) in [6, 6.07) is 0.347. The molecule has 3 N–H and O–H groups in total. The molecule has 0 aromatic rings. The van der Waals surface area contributed by atoms with Crippen molar-refractivity contribution in [2.75, 3.05) is 6.54 Å². The SMILES string of the molecule is CCCC(CCC)(C(=O)N(CC(C)C)C1CC1)C(N)=NO. The van der Waals surface area contributed by atoms with E-state index < -0.39 is 5.41 Å². The van der Waals surface area contributed by atoms with Crippen LogP contribution in [0.2, 0.25) is 0 Å². The third kappa shape index (κ3) is 4.11. The number of amidine groups is 1. The van der Waals surface area contributed by atoms with Crippen LogP contribution in [0.4, 0.5) is 0 Å². The zero-order valence-electron chi connectivity index (χ0n) is 13.9. The third-order valence-electron chi connectivity index (χ3n) is 4.17. The lowest BCUT2D eigenvalue weighted by atomic mass is 9.76. The van der Waals surface area contributed by atoms with E-state index in [-0.39, 0.29) is 11.7 Å². The average Bonchev–Trinajstić information content (AvgIpc) is 3.27. The van der Waals surface area contributed by atoms with Gasteiger partial charge in [0.1, 0.15) is 5.41 Å². The first-order valence-electron chi connectivity index (χ1n) is 8.22. The minimum Gasteiger partial charge on any atom is -0.409 e. The summed E-state index contributed by atoms with van der Waals surface area (Å²) in [5.41, 5.74) is 5.13. The minimum atomic E-state index is -0.838. The van der Waals surface area contributed by atoms with E-state index in [2.05, 4.69) is 19.0 Å². The molecule has 1 rings (SSSR count). The number of hydrogen-bond donors (Lipinski definition) is 2. The summed E-state index contributed by atoms with van der Waals surface area (Å²) < 4.78 is 0. The van der Waals surface area contributed by atoms with Crippen molar-refractivity contribution < 1.29 is 10.0 Å². The first-order chi connectivity index (χ1) is 9.92. The van der Waals surface area contributed by atoms with E-state index in [4.69, 9.17) is 5.73 Å². The van der Waals surface area contributed by atoms with Crippen LogP contribution in [0.3, 0.4) is 0 Å². The average molecular weight is 297 g/mol. The predicted molar refractivity (Wildman–Crippen MR) is 85.2 cm³/mol. The van der Waals surface area contributed by atoms with Gasteiger partial charge in [0, 0.05) is 12.6 Å². The summed E-state index contributed by atoms with van der Waals surface area (Å²) in [7, 11) is 0. The fourth-order valence-electron chi connectivity index (χ4n) is 3.11. The van der Waals surface area contributed by atoms with Gasteiger partial charge in [-0.15, -0.1) is 0 Å². The number of hydrogen-bond acceptors (Lipinski definition) is 3. The summed E-state index contributed by atoms with van der Waals surface area (Å²) in [5, 5.41) is 12.4. The van der Waals surface area contributed by atoms with Gasteiger partial charge in [0.05, 0.1) is 0 Å². The molecule has 1 aliphatic rings. The molecule has 0 unspecified atom stereocenters. The Morgan fingerprint density at radius 3 is 2.19 bits per heavy atom. The molecule has 0 spiro atoms. The second-order valence-corrected chi connectivity index (χ2v) is 6.65. The van der Waals surface area contributed by atoms with Crippen LogP contribution in [-0.4, -0.2) is 34.4 Å². The molecule has 0 atom stereocenters. The Balaban J connectivity index is 3.11. The van der Waals surface area contributed by atoms with Crippen molar-refractivity contribution in [1.29, 1.82) is 0 Å². The van der Waals surface area contributed by atoms with Crippen LogP contribution in [0.15, 0.2) is 5.16 Å². The molecule has 122 valence electrons. The van der Waals surface area contributed by atoms with Crippen LogP contribution in [-0.2, 0) is 4.79 Å². The number of carbonyl (C=O) groups excluding carboxylic acids is 1. The highest BCUT2D eigenvalue weighted by molar-refractivity contribution is 6.06. The molecule has 0 aromatic carbocycles. The lowest BCUT2D eigenvalue weighted by molar-refractivity contribution is -0.140. The zero-order valence-corrected chi connectivity index (χ0v) is 13.9. The maximum Gasteiger partial charge on any atom is 0.236 e. The van der Waals surface area contributed by atoms with Crippen LogP contribution in [0.1, 0.15) is 66.2 Å². The summed E-state index contributed by atoms with van der Waals surface area (Å²) in [6.07, 6.45) is 5.09. The molecule has 0 bridgehead atoms. The molecular weight excluding hydrogens is 266 g/mol. The molecule has 0 aliphatic heterocycles. The molecule has 1 fully saturated rings. The molecule has 0 radical (unpaired) electrons. The van der Waals surface area contributed by atoms with Crippen molar-refractivity contribution in [3.8, 4) is 0 Å². The van der Waals surface area contributed by atoms with E-state index in [1.165, 1.54) is 0 Å². The number of nitrogens with zero attached hydrogens (tertiary/aromatic N) is 2. The van der Waals surface area contributed by atoms with Crippen molar-refractivity contribution in [2.24, 2.45) is 22.2 Å². The van der Waals surface area contributed by atoms with Gasteiger partial charge in [0.15, 0.2) is 5.84 Å². The van der Waals surface area contributed by atoms with E-state index in [9.17, 15) is 10.0 Å². The highest BCUT2D eigenvalue weighted by Crippen LogP contribution is 2.37. The lowest BCUT2D eigenvalue weighted by Crippen LogP contribution is -2.53. The Kier molecular flexibility index (Phi) is 6.49. The first kappa shape index (κ1) is 17.8. The molecule has 1 aliphatic carbocycles. The van der Waals surface area contributed by atoms with Crippen LogP contribution in [0.25, 0.3) is 0 Å². The Hall–Kier alpha value is -1.26. The standard InChI is InChI=1S/C16H31N3O2/c1-5-9-16(10-6-2,14(17)18-21)15(20)19(11-12(3)4)13-7-8-13/h12-13,21H,5-11H2,1-4H3,(H2,17,18). The van der Waals surface area contributed by atoms with Crippen LogP contribution < -0.4 is 5.73 Å². The van der Waals surface area contributed by atoms with Gasteiger partial charge in [-0.1, -0.05) is 45.7 Å². The number of rotatable bonds is 9. The Morgan fingerprint density at radius 1 is 1.33 bits per heavy atom. The second-order valence-electron chi connectivity index (χ2n) is 6.65. The number of amides is 1. The third-order valence-corrected chi connectivity index (χ3v) is 4.17. The summed E-state index contributed by atoms with van der Waals surface area (Å²) in [4.78, 5) is 15.2. The van der Waals surface area contributed by atoms with Crippen molar-refractivity contribution >= 4 is 11.7 Å². The van der Waals surface area contributed by atoms with Gasteiger partial charge in [-0.25, -0.2) is 0 Å². The molecule has 0 aromatic heterocycles. The topological polar surface area (TPSA) is 78.9 Å². The van der Waals surface area contributed by atoms with Gasteiger partial charge in [-0.3, -0.25) is 4.79 Å². The highest BCUT2D eigenvalue weighted by atomic mass is 16.4. The van der Waals surface area contributed by atoms with Crippen molar-refractivity contribution in [3.05, 3.63) is 0 Å². The van der Waals surface area contributed by atoms with E-state index >= 15 is 0 Å². The molecule has 0 saturated heterocycles. The highest BCUT2D eigenvalue weighted by Gasteiger charge is 2.47. The lowest BCUT2D eigenvalue weighted by Gasteiger charge is -2.37. The van der Waals surface area contributed by atoms with Crippen molar-refractivity contribution in [3.63, 3.8) is 0 Å². The molecule has 1 saturated carbocycles. The molecule has 5 heteroatoms. The maximum atomic E-state index is 13.2. The van der Waals surface area contributed by atoms with E-state index in [1.807, 2.05) is 18.7 Å². The van der Waals surface area contributed by atoms with Crippen molar-refractivity contribution in [2.45, 2.75) is 72.3 Å². The predicted octanol–water partition coefficient (Wildman–Crippen LogP) is 2.97. The van der Waals surface area contributed by atoms with Gasteiger partial charge >= 0.3 is 0 Å². The first-order valence-corrected chi connectivity index (χ1v) is 8.22. The quantitative estimate of drug-likeness (QED) is 0.297. The molecule has 5 nitrogen and oxygen atoms in total. The summed E-state index contributed by atoms with van der Waals surface area (Å²) in [6.45, 7) is 9.05. The monoisotopic (exact) mass is 297 g/mol. The van der Waals surface area contributed by atoms with Gasteiger partial charge in [0.25, 0.3) is 0 Å². The van der Waals surface area contributed by atoms with E-state index in [0.29, 0.717) is 24.8 Å². The fraction of sp³-hybridized carbons (Fsp3) is 0.875. The number of nitrogens with two attached hydrogens (primary N) is 1. The molecule has 21 heavy (non-hydrogen) atoms. The van der Waals surface area contributed by atoms with Crippen molar-refractivity contribution in [1.82, 2.24) is 4.90 Å². The second kappa shape index (κ2) is 7.66.